The normalized spacial score (nSPS) is 12.4. The minimum Gasteiger partial charge on any atom is -0.467 e. The first-order valence-electron chi connectivity index (χ1n) is 6.20. The zero-order chi connectivity index (χ0) is 13.8. The van der Waals surface area contributed by atoms with Crippen LogP contribution in [0, 0.1) is 6.92 Å². The van der Waals surface area contributed by atoms with E-state index in [4.69, 9.17) is 4.42 Å². The summed E-state index contributed by atoms with van der Waals surface area (Å²) in [6.45, 7) is 3.88. The van der Waals surface area contributed by atoms with Crippen molar-refractivity contribution in [2.45, 2.75) is 26.3 Å². The summed E-state index contributed by atoms with van der Waals surface area (Å²) in [5.41, 5.74) is 1.14. The number of aliphatic hydroxyl groups excluding tert-OH is 1. The van der Waals surface area contributed by atoms with Crippen LogP contribution in [0.15, 0.2) is 28.9 Å². The summed E-state index contributed by atoms with van der Waals surface area (Å²) in [5.74, 6) is 0.378. The molecular formula is C14H17NO3S. The van der Waals surface area contributed by atoms with Crippen LogP contribution in [0.2, 0.25) is 0 Å². The molecule has 2 aromatic heterocycles. The molecule has 0 aliphatic carbocycles. The summed E-state index contributed by atoms with van der Waals surface area (Å²) in [6.07, 6.45) is 2.44. The van der Waals surface area contributed by atoms with Crippen LogP contribution in [-0.2, 0) is 6.42 Å². The summed E-state index contributed by atoms with van der Waals surface area (Å²) in [7, 11) is 0. The van der Waals surface area contributed by atoms with Crippen molar-refractivity contribution in [2.24, 2.45) is 0 Å². The highest BCUT2D eigenvalue weighted by molar-refractivity contribution is 7.14. The molecule has 2 rings (SSSR count). The average Bonchev–Trinajstić information content (AvgIpc) is 3.04. The molecule has 2 heterocycles. The molecule has 2 aromatic rings. The number of hydrogen-bond donors (Lipinski definition) is 2. The molecule has 0 aliphatic rings. The topological polar surface area (TPSA) is 62.5 Å². The lowest BCUT2D eigenvalue weighted by atomic mass is 10.2. The highest BCUT2D eigenvalue weighted by Gasteiger charge is 2.19. The van der Waals surface area contributed by atoms with E-state index in [0.29, 0.717) is 10.6 Å². The predicted octanol–water partition coefficient (Wildman–Crippen LogP) is 2.68. The van der Waals surface area contributed by atoms with Gasteiger partial charge in [-0.25, -0.2) is 0 Å². The lowest BCUT2D eigenvalue weighted by molar-refractivity contribution is 0.0911. The van der Waals surface area contributed by atoms with Gasteiger partial charge in [0.1, 0.15) is 11.8 Å². The maximum absolute atomic E-state index is 12.1. The number of amides is 1. The van der Waals surface area contributed by atoms with Crippen LogP contribution in [0.4, 0.5) is 0 Å². The Morgan fingerprint density at radius 2 is 2.37 bits per heavy atom. The van der Waals surface area contributed by atoms with E-state index in [1.54, 1.807) is 12.1 Å². The van der Waals surface area contributed by atoms with E-state index in [0.717, 1.165) is 12.0 Å². The van der Waals surface area contributed by atoms with E-state index < -0.39 is 6.04 Å². The Labute approximate surface area is 116 Å². The van der Waals surface area contributed by atoms with E-state index in [1.807, 2.05) is 13.0 Å². The van der Waals surface area contributed by atoms with E-state index >= 15 is 0 Å². The van der Waals surface area contributed by atoms with Gasteiger partial charge in [-0.05, 0) is 37.1 Å². The predicted molar refractivity (Wildman–Crippen MR) is 74.4 cm³/mol. The van der Waals surface area contributed by atoms with E-state index in [1.165, 1.54) is 22.5 Å². The fourth-order valence-electron chi connectivity index (χ4n) is 1.91. The fourth-order valence-corrected chi connectivity index (χ4v) is 2.93. The smallest absolute Gasteiger partial charge is 0.262 e. The van der Waals surface area contributed by atoms with Gasteiger partial charge in [-0.2, -0.15) is 0 Å². The molecule has 0 aromatic carbocycles. The summed E-state index contributed by atoms with van der Waals surface area (Å²) < 4.78 is 5.20. The number of nitrogens with one attached hydrogen (secondary N) is 1. The summed E-state index contributed by atoms with van der Waals surface area (Å²) in [4.78, 5) is 14.0. The summed E-state index contributed by atoms with van der Waals surface area (Å²) in [5, 5.41) is 12.1. The van der Waals surface area contributed by atoms with Gasteiger partial charge >= 0.3 is 0 Å². The van der Waals surface area contributed by atoms with Crippen LogP contribution >= 0.6 is 11.3 Å². The van der Waals surface area contributed by atoms with Gasteiger partial charge in [0.15, 0.2) is 0 Å². The third-order valence-corrected chi connectivity index (χ3v) is 4.32. The first kappa shape index (κ1) is 13.8. The third-order valence-electron chi connectivity index (χ3n) is 2.94. The SMILES string of the molecule is CCc1sc(C(=O)NC(CO)c2ccco2)cc1C. The molecule has 1 atom stereocenters. The Morgan fingerprint density at radius 3 is 2.89 bits per heavy atom. The van der Waals surface area contributed by atoms with E-state index in [-0.39, 0.29) is 12.5 Å². The Morgan fingerprint density at radius 1 is 1.58 bits per heavy atom. The van der Waals surface area contributed by atoms with Crippen LogP contribution in [0.3, 0.4) is 0 Å². The number of carbonyl (C=O) groups is 1. The average molecular weight is 279 g/mol. The molecular weight excluding hydrogens is 262 g/mol. The Balaban J connectivity index is 2.11. The van der Waals surface area contributed by atoms with Crippen molar-refractivity contribution >= 4 is 17.2 Å². The summed E-state index contributed by atoms with van der Waals surface area (Å²) in [6, 6.07) is 4.84. The van der Waals surface area contributed by atoms with E-state index in [9.17, 15) is 9.90 Å². The molecule has 0 spiro atoms. The molecule has 1 amide bonds. The molecule has 0 aliphatic heterocycles. The van der Waals surface area contributed by atoms with Crippen molar-refractivity contribution < 1.29 is 14.3 Å². The van der Waals surface area contributed by atoms with Gasteiger partial charge in [0.05, 0.1) is 17.7 Å². The van der Waals surface area contributed by atoms with Crippen LogP contribution in [0.25, 0.3) is 0 Å². The van der Waals surface area contributed by atoms with Crippen molar-refractivity contribution in [3.05, 3.63) is 45.5 Å². The molecule has 0 saturated carbocycles. The van der Waals surface area contributed by atoms with E-state index in [2.05, 4.69) is 12.2 Å². The third kappa shape index (κ3) is 3.05. The maximum atomic E-state index is 12.1. The molecule has 4 nitrogen and oxygen atoms in total. The van der Waals surface area contributed by atoms with Gasteiger partial charge in [-0.15, -0.1) is 11.3 Å². The molecule has 0 radical (unpaired) electrons. The molecule has 1 unspecified atom stereocenters. The molecule has 0 saturated heterocycles. The number of hydrogen-bond acceptors (Lipinski definition) is 4. The number of carbonyl (C=O) groups excluding carboxylic acids is 1. The van der Waals surface area contributed by atoms with Gasteiger partial charge in [0, 0.05) is 4.88 Å². The zero-order valence-electron chi connectivity index (χ0n) is 11.0. The Kier molecular flexibility index (Phi) is 4.39. The first-order valence-corrected chi connectivity index (χ1v) is 7.01. The second kappa shape index (κ2) is 6.04. The Hall–Kier alpha value is -1.59. The largest absolute Gasteiger partial charge is 0.467 e. The molecule has 0 bridgehead atoms. The quantitative estimate of drug-likeness (QED) is 0.884. The molecule has 0 fully saturated rings. The number of aliphatic hydroxyl groups is 1. The monoisotopic (exact) mass is 279 g/mol. The first-order chi connectivity index (χ1) is 9.15. The van der Waals surface area contributed by atoms with Crippen molar-refractivity contribution in [3.8, 4) is 0 Å². The molecule has 19 heavy (non-hydrogen) atoms. The molecule has 102 valence electrons. The van der Waals surface area contributed by atoms with Gasteiger partial charge in [-0.3, -0.25) is 4.79 Å². The number of furan rings is 1. The van der Waals surface area contributed by atoms with Crippen molar-refractivity contribution in [1.29, 1.82) is 0 Å². The second-order valence-electron chi connectivity index (χ2n) is 4.29. The Bertz CT molecular complexity index is 545. The zero-order valence-corrected chi connectivity index (χ0v) is 11.8. The van der Waals surface area contributed by atoms with Gasteiger partial charge in [0.2, 0.25) is 0 Å². The standard InChI is InChI=1S/C14H17NO3S/c1-3-12-9(2)7-13(19-12)14(17)15-10(8-16)11-5-4-6-18-11/h4-7,10,16H,3,8H2,1-2H3,(H,15,17). The lowest BCUT2D eigenvalue weighted by Gasteiger charge is -2.12. The molecule has 2 N–H and O–H groups in total. The van der Waals surface area contributed by atoms with Gasteiger partial charge in [0.25, 0.3) is 5.91 Å². The van der Waals surface area contributed by atoms with Crippen LogP contribution in [0.1, 0.15) is 38.8 Å². The van der Waals surface area contributed by atoms with Crippen molar-refractivity contribution in [3.63, 3.8) is 0 Å². The fraction of sp³-hybridized carbons (Fsp3) is 0.357. The van der Waals surface area contributed by atoms with Crippen molar-refractivity contribution in [2.75, 3.05) is 6.61 Å². The number of rotatable bonds is 5. The highest BCUT2D eigenvalue weighted by Crippen LogP contribution is 2.23. The lowest BCUT2D eigenvalue weighted by Crippen LogP contribution is -2.29. The molecule has 5 heteroatoms. The highest BCUT2D eigenvalue weighted by atomic mass is 32.1. The van der Waals surface area contributed by atoms with Crippen LogP contribution < -0.4 is 5.32 Å². The van der Waals surface area contributed by atoms with Crippen LogP contribution in [0.5, 0.6) is 0 Å². The second-order valence-corrected chi connectivity index (χ2v) is 5.43. The number of aryl methyl sites for hydroxylation is 2. The van der Waals surface area contributed by atoms with Crippen LogP contribution in [-0.4, -0.2) is 17.6 Å². The summed E-state index contributed by atoms with van der Waals surface area (Å²) >= 11 is 1.49. The number of thiophene rings is 1. The minimum atomic E-state index is -0.505. The maximum Gasteiger partial charge on any atom is 0.262 e. The van der Waals surface area contributed by atoms with Crippen molar-refractivity contribution in [1.82, 2.24) is 5.32 Å². The van der Waals surface area contributed by atoms with Gasteiger partial charge in [-0.1, -0.05) is 6.92 Å². The van der Waals surface area contributed by atoms with Gasteiger partial charge < -0.3 is 14.8 Å². The minimum absolute atomic E-state index is 0.178.